The lowest BCUT2D eigenvalue weighted by atomic mass is 9.96. The van der Waals surface area contributed by atoms with Crippen LogP contribution in [0.4, 0.5) is 0 Å². The fourth-order valence-electron chi connectivity index (χ4n) is 2.73. The lowest BCUT2D eigenvalue weighted by Gasteiger charge is -2.24. The zero-order valence-corrected chi connectivity index (χ0v) is 13.7. The highest BCUT2D eigenvalue weighted by atomic mass is 16.5. The van der Waals surface area contributed by atoms with Crippen LogP contribution in [0.5, 0.6) is 11.5 Å². The first-order valence-electron chi connectivity index (χ1n) is 7.87. The molecule has 2 aromatic carbocycles. The van der Waals surface area contributed by atoms with E-state index in [1.54, 1.807) is 26.0 Å². The summed E-state index contributed by atoms with van der Waals surface area (Å²) in [6.07, 6.45) is 3.10. The van der Waals surface area contributed by atoms with Gasteiger partial charge in [0.2, 0.25) is 0 Å². The monoisotopic (exact) mass is 324 g/mol. The van der Waals surface area contributed by atoms with Crippen LogP contribution in [-0.4, -0.2) is 27.7 Å². The molecule has 1 atom stereocenters. The molecule has 4 heteroatoms. The van der Waals surface area contributed by atoms with E-state index < -0.39 is 11.7 Å². The molecule has 0 bridgehead atoms. The first kappa shape index (κ1) is 16.3. The predicted octanol–water partition coefficient (Wildman–Crippen LogP) is 3.36. The molecule has 2 aromatic rings. The summed E-state index contributed by atoms with van der Waals surface area (Å²) in [5.41, 5.74) is 0.824. The Labute approximate surface area is 141 Å². The maximum absolute atomic E-state index is 12.5. The van der Waals surface area contributed by atoms with Gasteiger partial charge < -0.3 is 14.9 Å². The van der Waals surface area contributed by atoms with Crippen molar-refractivity contribution in [1.82, 2.24) is 0 Å². The van der Waals surface area contributed by atoms with Gasteiger partial charge in [0.15, 0.2) is 5.78 Å². The highest BCUT2D eigenvalue weighted by molar-refractivity contribution is 6.09. The van der Waals surface area contributed by atoms with Gasteiger partial charge in [-0.3, -0.25) is 4.79 Å². The maximum Gasteiger partial charge on any atom is 0.189 e. The van der Waals surface area contributed by atoms with Gasteiger partial charge in [0, 0.05) is 12.0 Å². The van der Waals surface area contributed by atoms with Crippen molar-refractivity contribution in [2.24, 2.45) is 0 Å². The molecule has 0 saturated heterocycles. The molecule has 24 heavy (non-hydrogen) atoms. The van der Waals surface area contributed by atoms with Crippen LogP contribution in [0.25, 0.3) is 6.08 Å². The van der Waals surface area contributed by atoms with E-state index in [0.29, 0.717) is 23.3 Å². The summed E-state index contributed by atoms with van der Waals surface area (Å²) >= 11 is 0. The minimum Gasteiger partial charge on any atom is -0.508 e. The van der Waals surface area contributed by atoms with Gasteiger partial charge in [-0.2, -0.15) is 0 Å². The van der Waals surface area contributed by atoms with Crippen LogP contribution in [0.1, 0.15) is 35.3 Å². The fraction of sp³-hybridized carbons (Fsp3) is 0.250. The van der Waals surface area contributed by atoms with Crippen molar-refractivity contribution in [2.75, 3.05) is 0 Å². The number of carbonyl (C=O) groups excluding carboxylic acids is 1. The Balaban J connectivity index is 1.90. The third kappa shape index (κ3) is 3.19. The Bertz CT molecular complexity index is 785. The SMILES string of the molecule is CC(C)(O)[C@@H]1Cc2c(O)ccc(C(=O)/C=C/c3ccccc3)c2O1. The zero-order valence-electron chi connectivity index (χ0n) is 13.7. The largest absolute Gasteiger partial charge is 0.508 e. The minimum absolute atomic E-state index is 0.0836. The highest BCUT2D eigenvalue weighted by Gasteiger charge is 2.38. The summed E-state index contributed by atoms with van der Waals surface area (Å²) in [6, 6.07) is 12.6. The number of allylic oxidation sites excluding steroid dienone is 1. The van der Waals surface area contributed by atoms with Crippen molar-refractivity contribution < 1.29 is 19.7 Å². The summed E-state index contributed by atoms with van der Waals surface area (Å²) in [6.45, 7) is 3.30. The Morgan fingerprint density at radius 3 is 2.58 bits per heavy atom. The predicted molar refractivity (Wildman–Crippen MR) is 92.3 cm³/mol. The molecule has 124 valence electrons. The van der Waals surface area contributed by atoms with Gasteiger partial charge in [-0.25, -0.2) is 0 Å². The standard InChI is InChI=1S/C20H20O4/c1-20(2,23)18-12-15-17(22)11-9-14(19(15)24-18)16(21)10-8-13-6-4-3-5-7-13/h3-11,18,22-23H,12H2,1-2H3/b10-8+/t18-/m0/s1. The molecule has 0 saturated carbocycles. The van der Waals surface area contributed by atoms with Crippen molar-refractivity contribution >= 4 is 11.9 Å². The topological polar surface area (TPSA) is 66.8 Å². The Kier molecular flexibility index (Phi) is 4.16. The summed E-state index contributed by atoms with van der Waals surface area (Å²) in [4.78, 5) is 12.5. The highest BCUT2D eigenvalue weighted by Crippen LogP contribution is 2.41. The molecular formula is C20H20O4. The number of phenols is 1. The van der Waals surface area contributed by atoms with Crippen molar-refractivity contribution in [3.8, 4) is 11.5 Å². The minimum atomic E-state index is -1.06. The molecule has 0 spiro atoms. The molecule has 1 aliphatic heterocycles. The first-order valence-corrected chi connectivity index (χ1v) is 7.87. The van der Waals surface area contributed by atoms with Gasteiger partial charge in [0.05, 0.1) is 11.2 Å². The van der Waals surface area contributed by atoms with E-state index in [2.05, 4.69) is 0 Å². The van der Waals surface area contributed by atoms with Gasteiger partial charge in [-0.1, -0.05) is 36.4 Å². The number of fused-ring (bicyclic) bond motifs is 1. The molecule has 0 unspecified atom stereocenters. The normalized spacial score (nSPS) is 16.9. The number of aliphatic hydroxyl groups is 1. The average Bonchev–Trinajstić information content (AvgIpc) is 3.00. The van der Waals surface area contributed by atoms with E-state index in [1.165, 1.54) is 12.1 Å². The number of rotatable bonds is 4. The van der Waals surface area contributed by atoms with Gasteiger partial charge in [0.1, 0.15) is 17.6 Å². The second-order valence-electron chi connectivity index (χ2n) is 6.51. The summed E-state index contributed by atoms with van der Waals surface area (Å²) in [5, 5.41) is 20.2. The van der Waals surface area contributed by atoms with E-state index in [-0.39, 0.29) is 11.5 Å². The summed E-state index contributed by atoms with van der Waals surface area (Å²) in [7, 11) is 0. The van der Waals surface area contributed by atoms with Gasteiger partial charge >= 0.3 is 0 Å². The van der Waals surface area contributed by atoms with Gasteiger partial charge in [-0.15, -0.1) is 0 Å². The van der Waals surface area contributed by atoms with E-state index >= 15 is 0 Å². The van der Waals surface area contributed by atoms with Crippen molar-refractivity contribution in [2.45, 2.75) is 32.0 Å². The second-order valence-corrected chi connectivity index (χ2v) is 6.51. The third-order valence-electron chi connectivity index (χ3n) is 4.17. The van der Waals surface area contributed by atoms with Gasteiger partial charge in [0.25, 0.3) is 0 Å². The number of phenolic OH excluding ortho intramolecular Hbond substituents is 1. The average molecular weight is 324 g/mol. The molecule has 0 aromatic heterocycles. The van der Waals surface area contributed by atoms with Crippen LogP contribution in [0, 0.1) is 0 Å². The lowest BCUT2D eigenvalue weighted by molar-refractivity contribution is -0.0231. The van der Waals surface area contributed by atoms with E-state index in [1.807, 2.05) is 30.3 Å². The number of carbonyl (C=O) groups is 1. The van der Waals surface area contributed by atoms with Crippen molar-refractivity contribution in [1.29, 1.82) is 0 Å². The number of benzene rings is 2. The molecule has 1 heterocycles. The van der Waals surface area contributed by atoms with Crippen LogP contribution < -0.4 is 4.74 Å². The van der Waals surface area contributed by atoms with E-state index in [0.717, 1.165) is 5.56 Å². The van der Waals surface area contributed by atoms with Crippen LogP contribution in [-0.2, 0) is 6.42 Å². The number of ketones is 1. The van der Waals surface area contributed by atoms with Crippen LogP contribution >= 0.6 is 0 Å². The zero-order chi connectivity index (χ0) is 17.3. The van der Waals surface area contributed by atoms with Gasteiger partial charge in [-0.05, 0) is 37.6 Å². The van der Waals surface area contributed by atoms with Crippen molar-refractivity contribution in [3.63, 3.8) is 0 Å². The molecule has 0 aliphatic carbocycles. The number of aromatic hydroxyl groups is 1. The molecule has 4 nitrogen and oxygen atoms in total. The fourth-order valence-corrected chi connectivity index (χ4v) is 2.73. The molecule has 0 amide bonds. The summed E-state index contributed by atoms with van der Waals surface area (Å²) in [5.74, 6) is 0.247. The maximum atomic E-state index is 12.5. The Morgan fingerprint density at radius 1 is 1.21 bits per heavy atom. The number of hydrogen-bond donors (Lipinski definition) is 2. The number of ether oxygens (including phenoxy) is 1. The van der Waals surface area contributed by atoms with Crippen molar-refractivity contribution in [3.05, 3.63) is 65.2 Å². The molecule has 1 aliphatic rings. The molecular weight excluding hydrogens is 304 g/mol. The Hall–Kier alpha value is -2.59. The molecule has 3 rings (SSSR count). The molecule has 0 fully saturated rings. The molecule has 2 N–H and O–H groups in total. The molecule has 0 radical (unpaired) electrons. The van der Waals surface area contributed by atoms with Crippen LogP contribution in [0.15, 0.2) is 48.5 Å². The quantitative estimate of drug-likeness (QED) is 0.668. The summed E-state index contributed by atoms with van der Waals surface area (Å²) < 4.78 is 5.79. The van der Waals surface area contributed by atoms with E-state index in [4.69, 9.17) is 4.74 Å². The third-order valence-corrected chi connectivity index (χ3v) is 4.17. The second kappa shape index (κ2) is 6.13. The van der Waals surface area contributed by atoms with Crippen LogP contribution in [0.3, 0.4) is 0 Å². The lowest BCUT2D eigenvalue weighted by Crippen LogP contribution is -2.39. The first-order chi connectivity index (χ1) is 11.4. The number of hydrogen-bond acceptors (Lipinski definition) is 4. The smallest absolute Gasteiger partial charge is 0.189 e. The van der Waals surface area contributed by atoms with E-state index in [9.17, 15) is 15.0 Å². The Morgan fingerprint density at radius 2 is 1.92 bits per heavy atom. The van der Waals surface area contributed by atoms with Crippen LogP contribution in [0.2, 0.25) is 0 Å².